The molecule has 0 bridgehead atoms. The number of ether oxygens (including phenoxy) is 3. The van der Waals surface area contributed by atoms with Crippen LogP contribution in [0.1, 0.15) is 27.7 Å². The zero-order chi connectivity index (χ0) is 15.0. The molecule has 0 fully saturated rings. The summed E-state index contributed by atoms with van der Waals surface area (Å²) in [6.07, 6.45) is -2.42. The van der Waals surface area contributed by atoms with Crippen molar-refractivity contribution in [1.29, 1.82) is 0 Å². The maximum Gasteiger partial charge on any atom is 0.336 e. The molecule has 0 aliphatic rings. The van der Waals surface area contributed by atoms with Gasteiger partial charge < -0.3 is 19.3 Å². The third kappa shape index (κ3) is 5.69. The smallest absolute Gasteiger partial charge is 0.336 e. The van der Waals surface area contributed by atoms with Crippen LogP contribution in [0.2, 0.25) is 0 Å². The molecule has 0 amide bonds. The minimum atomic E-state index is -1.94. The van der Waals surface area contributed by atoms with E-state index in [1.54, 1.807) is 27.7 Å². The second-order valence-corrected chi connectivity index (χ2v) is 3.91. The minimum absolute atomic E-state index is 0.0146. The highest BCUT2D eigenvalue weighted by atomic mass is 16.6. The highest BCUT2D eigenvalue weighted by Gasteiger charge is 2.41. The van der Waals surface area contributed by atoms with E-state index < -0.39 is 36.0 Å². The molecule has 0 aliphatic carbocycles. The summed E-state index contributed by atoms with van der Waals surface area (Å²) in [6, 6.07) is 0. The van der Waals surface area contributed by atoms with Gasteiger partial charge in [-0.15, -0.1) is 0 Å². The number of rotatable bonds is 7. The van der Waals surface area contributed by atoms with Crippen molar-refractivity contribution in [2.24, 2.45) is 5.92 Å². The molecule has 0 rings (SSSR count). The van der Waals surface area contributed by atoms with Gasteiger partial charge in [0.15, 0.2) is 12.0 Å². The van der Waals surface area contributed by atoms with Crippen LogP contribution in [-0.4, -0.2) is 48.4 Å². The third-order valence-corrected chi connectivity index (χ3v) is 1.99. The Balaban J connectivity index is 4.95. The summed E-state index contributed by atoms with van der Waals surface area (Å²) in [5.41, 5.74) is 0. The average molecular weight is 276 g/mol. The Morgan fingerprint density at radius 2 is 1.37 bits per heavy atom. The van der Waals surface area contributed by atoms with E-state index in [2.05, 4.69) is 9.47 Å². The summed E-state index contributed by atoms with van der Waals surface area (Å²) in [5, 5.41) is 9.74. The second kappa shape index (κ2) is 8.47. The van der Waals surface area contributed by atoms with Crippen molar-refractivity contribution in [3.05, 3.63) is 0 Å². The first-order chi connectivity index (χ1) is 8.84. The Kier molecular flexibility index (Phi) is 7.74. The van der Waals surface area contributed by atoms with Crippen LogP contribution in [0.5, 0.6) is 0 Å². The van der Waals surface area contributed by atoms with E-state index in [1.807, 2.05) is 0 Å². The standard InChI is InChI=1S/C12H20O7/c1-5-17-10(14)8(11(15)18-6-2)9(13)12(16)19-7(3)4/h7-9,13H,5-6H2,1-4H3. The monoisotopic (exact) mass is 276 g/mol. The van der Waals surface area contributed by atoms with Gasteiger partial charge in [0.2, 0.25) is 0 Å². The summed E-state index contributed by atoms with van der Waals surface area (Å²) in [4.78, 5) is 34.7. The van der Waals surface area contributed by atoms with Crippen LogP contribution in [-0.2, 0) is 28.6 Å². The topological polar surface area (TPSA) is 99.1 Å². The van der Waals surface area contributed by atoms with E-state index in [1.165, 1.54) is 0 Å². The van der Waals surface area contributed by atoms with Crippen LogP contribution >= 0.6 is 0 Å². The number of carbonyl (C=O) groups excluding carboxylic acids is 3. The molecule has 0 saturated carbocycles. The summed E-state index contributed by atoms with van der Waals surface area (Å²) >= 11 is 0. The molecule has 7 nitrogen and oxygen atoms in total. The normalized spacial score (nSPS) is 12.2. The van der Waals surface area contributed by atoms with Crippen molar-refractivity contribution in [1.82, 2.24) is 0 Å². The highest BCUT2D eigenvalue weighted by molar-refractivity contribution is 6.00. The molecule has 1 atom stereocenters. The van der Waals surface area contributed by atoms with Crippen LogP contribution in [0, 0.1) is 5.92 Å². The lowest BCUT2D eigenvalue weighted by molar-refractivity contribution is -0.178. The number of aliphatic hydroxyl groups excluding tert-OH is 1. The molecule has 0 aliphatic heterocycles. The molecule has 1 unspecified atom stereocenters. The number of aliphatic hydroxyl groups is 1. The fourth-order valence-electron chi connectivity index (χ4n) is 1.26. The van der Waals surface area contributed by atoms with Gasteiger partial charge in [0.25, 0.3) is 0 Å². The molecule has 0 aromatic heterocycles. The predicted octanol–water partition coefficient (Wildman–Crippen LogP) is 0.0413. The van der Waals surface area contributed by atoms with Crippen molar-refractivity contribution in [2.45, 2.75) is 39.9 Å². The zero-order valence-corrected chi connectivity index (χ0v) is 11.5. The predicted molar refractivity (Wildman–Crippen MR) is 64.0 cm³/mol. The number of hydrogen-bond acceptors (Lipinski definition) is 7. The highest BCUT2D eigenvalue weighted by Crippen LogP contribution is 2.12. The molecular weight excluding hydrogens is 256 g/mol. The molecule has 110 valence electrons. The van der Waals surface area contributed by atoms with E-state index in [9.17, 15) is 19.5 Å². The Bertz CT molecular complexity index is 306. The van der Waals surface area contributed by atoms with Crippen molar-refractivity contribution < 1.29 is 33.7 Å². The van der Waals surface area contributed by atoms with Crippen LogP contribution in [0.15, 0.2) is 0 Å². The van der Waals surface area contributed by atoms with Gasteiger partial charge in [-0.05, 0) is 27.7 Å². The molecule has 1 N–H and O–H groups in total. The lowest BCUT2D eigenvalue weighted by Gasteiger charge is -2.19. The Labute approximate surface area is 111 Å². The van der Waals surface area contributed by atoms with Gasteiger partial charge in [-0.2, -0.15) is 0 Å². The molecule has 0 radical (unpaired) electrons. The van der Waals surface area contributed by atoms with Gasteiger partial charge in [-0.3, -0.25) is 9.59 Å². The average Bonchev–Trinajstić information content (AvgIpc) is 2.28. The molecule has 19 heavy (non-hydrogen) atoms. The lowest BCUT2D eigenvalue weighted by atomic mass is 10.0. The molecule has 0 aromatic rings. The van der Waals surface area contributed by atoms with E-state index in [0.717, 1.165) is 0 Å². The Morgan fingerprint density at radius 1 is 0.947 bits per heavy atom. The van der Waals surface area contributed by atoms with Gasteiger partial charge in [-0.25, -0.2) is 4.79 Å². The lowest BCUT2D eigenvalue weighted by Crippen LogP contribution is -2.43. The van der Waals surface area contributed by atoms with Gasteiger partial charge >= 0.3 is 17.9 Å². The van der Waals surface area contributed by atoms with Gasteiger partial charge in [0.05, 0.1) is 19.3 Å². The van der Waals surface area contributed by atoms with E-state index in [0.29, 0.717) is 0 Å². The first-order valence-corrected chi connectivity index (χ1v) is 6.06. The van der Waals surface area contributed by atoms with Crippen molar-refractivity contribution in [3.8, 4) is 0 Å². The molecule has 0 saturated heterocycles. The summed E-state index contributed by atoms with van der Waals surface area (Å²) in [5.74, 6) is -4.84. The maximum absolute atomic E-state index is 11.6. The second-order valence-electron chi connectivity index (χ2n) is 3.91. The first-order valence-electron chi connectivity index (χ1n) is 6.06. The van der Waals surface area contributed by atoms with E-state index in [-0.39, 0.29) is 13.2 Å². The van der Waals surface area contributed by atoms with Crippen molar-refractivity contribution in [2.75, 3.05) is 13.2 Å². The summed E-state index contributed by atoms with van der Waals surface area (Å²) in [6.45, 7) is 6.27. The van der Waals surface area contributed by atoms with Crippen molar-refractivity contribution in [3.63, 3.8) is 0 Å². The Morgan fingerprint density at radius 3 is 1.68 bits per heavy atom. The summed E-state index contributed by atoms with van der Waals surface area (Å²) < 4.78 is 14.0. The largest absolute Gasteiger partial charge is 0.465 e. The van der Waals surface area contributed by atoms with E-state index in [4.69, 9.17) is 4.74 Å². The van der Waals surface area contributed by atoms with Crippen LogP contribution in [0.25, 0.3) is 0 Å². The van der Waals surface area contributed by atoms with Crippen LogP contribution < -0.4 is 0 Å². The van der Waals surface area contributed by atoms with Gasteiger partial charge in [0, 0.05) is 0 Å². The molecule has 0 aromatic carbocycles. The molecule has 0 heterocycles. The van der Waals surface area contributed by atoms with Gasteiger partial charge in [0.1, 0.15) is 0 Å². The molecule has 0 spiro atoms. The zero-order valence-electron chi connectivity index (χ0n) is 11.5. The first kappa shape index (κ1) is 17.4. The SMILES string of the molecule is CCOC(=O)C(C(=O)OCC)C(O)C(=O)OC(C)C. The van der Waals surface area contributed by atoms with Crippen molar-refractivity contribution >= 4 is 17.9 Å². The minimum Gasteiger partial charge on any atom is -0.465 e. The molecule has 7 heteroatoms. The molecular formula is C12H20O7. The number of carbonyl (C=O) groups is 3. The van der Waals surface area contributed by atoms with Crippen LogP contribution in [0.3, 0.4) is 0 Å². The van der Waals surface area contributed by atoms with Crippen LogP contribution in [0.4, 0.5) is 0 Å². The summed E-state index contributed by atoms with van der Waals surface area (Å²) in [7, 11) is 0. The quantitative estimate of drug-likeness (QED) is 0.398. The fraction of sp³-hybridized carbons (Fsp3) is 0.750. The third-order valence-electron chi connectivity index (χ3n) is 1.99. The Hall–Kier alpha value is -1.63. The number of esters is 3. The number of hydrogen-bond donors (Lipinski definition) is 1. The fourth-order valence-corrected chi connectivity index (χ4v) is 1.26. The van der Waals surface area contributed by atoms with Gasteiger partial charge in [-0.1, -0.05) is 0 Å². The maximum atomic E-state index is 11.6. The van der Waals surface area contributed by atoms with E-state index >= 15 is 0 Å².